The minimum Gasteiger partial charge on any atom is -0.497 e. The molecule has 1 aromatic carbocycles. The van der Waals surface area contributed by atoms with Crippen molar-refractivity contribution in [3.63, 3.8) is 0 Å². The monoisotopic (exact) mass is 194 g/mol. The summed E-state index contributed by atoms with van der Waals surface area (Å²) in [6.07, 6.45) is 1.88. The first-order valence-corrected chi connectivity index (χ1v) is 4.81. The van der Waals surface area contributed by atoms with Gasteiger partial charge in [0.1, 0.15) is 5.75 Å². The largest absolute Gasteiger partial charge is 0.497 e. The summed E-state index contributed by atoms with van der Waals surface area (Å²) >= 11 is 0. The van der Waals surface area contributed by atoms with E-state index in [1.54, 1.807) is 7.11 Å². The van der Waals surface area contributed by atoms with Gasteiger partial charge in [0.25, 0.3) is 0 Å². The lowest BCUT2D eigenvalue weighted by Crippen LogP contribution is -2.15. The Bertz CT molecular complexity index is 297. The highest BCUT2D eigenvalue weighted by atomic mass is 16.5. The second-order valence-electron chi connectivity index (χ2n) is 3.58. The molecule has 0 saturated heterocycles. The van der Waals surface area contributed by atoms with Crippen molar-refractivity contribution in [2.24, 2.45) is 5.73 Å². The fraction of sp³-hybridized carbons (Fsp3) is 0.455. The van der Waals surface area contributed by atoms with Crippen molar-refractivity contribution in [3.05, 3.63) is 23.8 Å². The van der Waals surface area contributed by atoms with Crippen molar-refractivity contribution in [2.45, 2.75) is 25.8 Å². The van der Waals surface area contributed by atoms with Gasteiger partial charge in [0.05, 0.1) is 7.11 Å². The molecule has 0 aliphatic carbocycles. The number of benzene rings is 1. The van der Waals surface area contributed by atoms with Crippen LogP contribution in [0.3, 0.4) is 0 Å². The Labute approximate surface area is 85.0 Å². The Balaban J connectivity index is 2.69. The highest BCUT2D eigenvalue weighted by Gasteiger charge is 2.02. The zero-order valence-corrected chi connectivity index (χ0v) is 8.79. The molecule has 1 atom stereocenters. The zero-order valence-electron chi connectivity index (χ0n) is 8.79. The lowest BCUT2D eigenvalue weighted by Gasteiger charge is -2.09. The van der Waals surface area contributed by atoms with E-state index >= 15 is 0 Å². The Morgan fingerprint density at radius 1 is 1.43 bits per heavy atom. The molecule has 0 spiro atoms. The smallest absolute Gasteiger partial charge is 0.120 e. The van der Waals surface area contributed by atoms with E-state index in [9.17, 15) is 0 Å². The zero-order chi connectivity index (χ0) is 10.6. The molecule has 0 heterocycles. The minimum absolute atomic E-state index is 0.219. The van der Waals surface area contributed by atoms with Crippen molar-refractivity contribution in [3.8, 4) is 5.75 Å². The summed E-state index contributed by atoms with van der Waals surface area (Å²) in [6, 6.07) is 5.98. The van der Waals surface area contributed by atoms with Crippen molar-refractivity contribution in [1.82, 2.24) is 0 Å². The second kappa shape index (κ2) is 4.86. The summed E-state index contributed by atoms with van der Waals surface area (Å²) in [5, 5.41) is 0. The number of rotatable bonds is 4. The van der Waals surface area contributed by atoms with Gasteiger partial charge in [-0.3, -0.25) is 0 Å². The fourth-order valence-corrected chi connectivity index (χ4v) is 1.31. The van der Waals surface area contributed by atoms with Gasteiger partial charge >= 0.3 is 0 Å². The molecule has 78 valence electrons. The van der Waals surface area contributed by atoms with Gasteiger partial charge in [-0.1, -0.05) is 6.07 Å². The molecule has 0 aliphatic rings. The van der Waals surface area contributed by atoms with Gasteiger partial charge in [0, 0.05) is 17.8 Å². The van der Waals surface area contributed by atoms with E-state index in [0.717, 1.165) is 29.8 Å². The Kier molecular flexibility index (Phi) is 3.77. The van der Waals surface area contributed by atoms with Gasteiger partial charge in [0.15, 0.2) is 0 Å². The molecule has 0 aromatic heterocycles. The molecule has 0 fully saturated rings. The third-order valence-corrected chi connectivity index (χ3v) is 2.22. The summed E-state index contributed by atoms with van der Waals surface area (Å²) in [4.78, 5) is 0. The lowest BCUT2D eigenvalue weighted by atomic mass is 10.0. The van der Waals surface area contributed by atoms with Crippen LogP contribution in [0.2, 0.25) is 0 Å². The standard InChI is InChI=1S/C11H18N2O/c1-8(12)3-4-9-5-6-10(14-2)7-11(9)13/h5-8H,3-4,12-13H2,1-2H3. The molecule has 1 rings (SSSR count). The Morgan fingerprint density at radius 2 is 2.14 bits per heavy atom. The van der Waals surface area contributed by atoms with Crippen molar-refractivity contribution < 1.29 is 4.74 Å². The van der Waals surface area contributed by atoms with Crippen LogP contribution in [0.5, 0.6) is 5.75 Å². The summed E-state index contributed by atoms with van der Waals surface area (Å²) in [7, 11) is 1.64. The quantitative estimate of drug-likeness (QED) is 0.715. The van der Waals surface area contributed by atoms with E-state index in [1.807, 2.05) is 25.1 Å². The molecule has 0 radical (unpaired) electrons. The van der Waals surface area contributed by atoms with Crippen LogP contribution < -0.4 is 16.2 Å². The van der Waals surface area contributed by atoms with E-state index < -0.39 is 0 Å². The predicted octanol–water partition coefficient (Wildman–Crippen LogP) is 1.56. The second-order valence-corrected chi connectivity index (χ2v) is 3.58. The van der Waals surface area contributed by atoms with Gasteiger partial charge in [-0.05, 0) is 31.4 Å². The topological polar surface area (TPSA) is 61.3 Å². The van der Waals surface area contributed by atoms with E-state index in [-0.39, 0.29) is 6.04 Å². The van der Waals surface area contributed by atoms with Crippen molar-refractivity contribution in [2.75, 3.05) is 12.8 Å². The number of nitrogen functional groups attached to an aromatic ring is 1. The molecule has 1 unspecified atom stereocenters. The molecule has 0 bridgehead atoms. The Hall–Kier alpha value is -1.22. The van der Waals surface area contributed by atoms with Crippen LogP contribution in [0.25, 0.3) is 0 Å². The van der Waals surface area contributed by atoms with Crippen molar-refractivity contribution >= 4 is 5.69 Å². The van der Waals surface area contributed by atoms with Gasteiger partial charge in [-0.2, -0.15) is 0 Å². The molecule has 1 aromatic rings. The summed E-state index contributed by atoms with van der Waals surface area (Å²) in [5.74, 6) is 0.798. The molecule has 0 amide bonds. The maximum Gasteiger partial charge on any atom is 0.120 e. The molecule has 0 saturated carbocycles. The van der Waals surface area contributed by atoms with Crippen LogP contribution in [0, 0.1) is 0 Å². The normalized spacial score (nSPS) is 12.5. The molecule has 0 aliphatic heterocycles. The van der Waals surface area contributed by atoms with Crippen LogP contribution in [-0.4, -0.2) is 13.2 Å². The summed E-state index contributed by atoms with van der Waals surface area (Å²) in [5.41, 5.74) is 13.5. The number of hydrogen-bond acceptors (Lipinski definition) is 3. The molecular formula is C11H18N2O. The van der Waals surface area contributed by atoms with Crippen LogP contribution in [0.15, 0.2) is 18.2 Å². The SMILES string of the molecule is COc1ccc(CCC(C)N)c(N)c1. The first-order valence-electron chi connectivity index (χ1n) is 4.81. The van der Waals surface area contributed by atoms with E-state index in [2.05, 4.69) is 0 Å². The third kappa shape index (κ3) is 2.92. The summed E-state index contributed by atoms with van der Waals surface area (Å²) < 4.78 is 5.07. The average Bonchev–Trinajstić information content (AvgIpc) is 2.15. The van der Waals surface area contributed by atoms with Gasteiger partial charge in [-0.25, -0.2) is 0 Å². The first kappa shape index (κ1) is 10.9. The first-order chi connectivity index (χ1) is 6.63. The number of methoxy groups -OCH3 is 1. The van der Waals surface area contributed by atoms with E-state index in [4.69, 9.17) is 16.2 Å². The number of hydrogen-bond donors (Lipinski definition) is 2. The molecule has 14 heavy (non-hydrogen) atoms. The minimum atomic E-state index is 0.219. The average molecular weight is 194 g/mol. The molecule has 3 nitrogen and oxygen atoms in total. The van der Waals surface area contributed by atoms with Crippen LogP contribution in [-0.2, 0) is 6.42 Å². The van der Waals surface area contributed by atoms with Crippen LogP contribution in [0.4, 0.5) is 5.69 Å². The number of anilines is 1. The number of nitrogens with two attached hydrogens (primary N) is 2. The Morgan fingerprint density at radius 3 is 2.64 bits per heavy atom. The maximum absolute atomic E-state index is 5.86. The predicted molar refractivity (Wildman–Crippen MR) is 59.4 cm³/mol. The van der Waals surface area contributed by atoms with Crippen LogP contribution >= 0.6 is 0 Å². The van der Waals surface area contributed by atoms with Gasteiger partial charge < -0.3 is 16.2 Å². The number of ether oxygens (including phenoxy) is 1. The van der Waals surface area contributed by atoms with E-state index in [1.165, 1.54) is 0 Å². The summed E-state index contributed by atoms with van der Waals surface area (Å²) in [6.45, 7) is 2.00. The van der Waals surface area contributed by atoms with Gasteiger partial charge in [-0.15, -0.1) is 0 Å². The highest BCUT2D eigenvalue weighted by molar-refractivity contribution is 5.51. The lowest BCUT2D eigenvalue weighted by molar-refractivity contribution is 0.415. The molecule has 4 N–H and O–H groups in total. The van der Waals surface area contributed by atoms with Gasteiger partial charge in [0.2, 0.25) is 0 Å². The maximum atomic E-state index is 5.86. The van der Waals surface area contributed by atoms with E-state index in [0.29, 0.717) is 0 Å². The third-order valence-electron chi connectivity index (χ3n) is 2.22. The molecular weight excluding hydrogens is 176 g/mol. The fourth-order valence-electron chi connectivity index (χ4n) is 1.31. The van der Waals surface area contributed by atoms with Crippen LogP contribution in [0.1, 0.15) is 18.9 Å². The van der Waals surface area contributed by atoms with Crippen molar-refractivity contribution in [1.29, 1.82) is 0 Å². The molecule has 3 heteroatoms. The number of aryl methyl sites for hydroxylation is 1. The highest BCUT2D eigenvalue weighted by Crippen LogP contribution is 2.20.